The van der Waals surface area contributed by atoms with E-state index in [2.05, 4.69) is 20.2 Å². The van der Waals surface area contributed by atoms with Gasteiger partial charge in [-0.2, -0.15) is 5.10 Å². The van der Waals surface area contributed by atoms with Gasteiger partial charge in [-0.3, -0.25) is 10.2 Å². The second-order valence-corrected chi connectivity index (χ2v) is 6.20. The van der Waals surface area contributed by atoms with Crippen molar-refractivity contribution < 1.29 is 19.0 Å². The molecule has 0 atom stereocenters. The summed E-state index contributed by atoms with van der Waals surface area (Å²) in [5, 5.41) is 6.55. The summed E-state index contributed by atoms with van der Waals surface area (Å²) in [5.41, 5.74) is 4.35. The molecule has 2 aromatic rings. The zero-order valence-corrected chi connectivity index (χ0v) is 15.4. The first-order chi connectivity index (χ1) is 12.0. The van der Waals surface area contributed by atoms with Crippen LogP contribution in [-0.4, -0.2) is 37.5 Å². The lowest BCUT2D eigenvalue weighted by molar-refractivity contribution is -0.139. The number of carbonyl (C=O) groups is 1. The van der Waals surface area contributed by atoms with Crippen molar-refractivity contribution in [3.63, 3.8) is 0 Å². The van der Waals surface area contributed by atoms with Gasteiger partial charge in [0, 0.05) is 5.38 Å². The normalized spacial score (nSPS) is 10.9. The topological polar surface area (TPSA) is 82.0 Å². The van der Waals surface area contributed by atoms with Crippen molar-refractivity contribution in [2.24, 2.45) is 5.10 Å². The predicted molar refractivity (Wildman–Crippen MR) is 97.8 cm³/mol. The minimum Gasteiger partial charge on any atom is -0.493 e. The number of esters is 1. The third-order valence-electron chi connectivity index (χ3n) is 3.03. The number of carbonyl (C=O) groups excluding carboxylic acids is 1. The molecule has 1 N–H and O–H groups in total. The van der Waals surface area contributed by atoms with E-state index in [9.17, 15) is 4.79 Å². The minimum atomic E-state index is -0.323. The zero-order chi connectivity index (χ0) is 18.2. The van der Waals surface area contributed by atoms with E-state index in [1.54, 1.807) is 18.7 Å². The Bertz CT molecular complexity index is 743. The molecule has 1 aromatic heterocycles. The number of hydrogen-bond donors (Lipinski definition) is 1. The van der Waals surface area contributed by atoms with Crippen molar-refractivity contribution >= 4 is 28.7 Å². The fourth-order valence-electron chi connectivity index (χ4n) is 1.94. The second kappa shape index (κ2) is 9.03. The van der Waals surface area contributed by atoms with Crippen LogP contribution >= 0.6 is 11.3 Å². The van der Waals surface area contributed by atoms with Gasteiger partial charge in [0.25, 0.3) is 0 Å². The molecular formula is C17H21N3O4S. The third-order valence-corrected chi connectivity index (χ3v) is 3.82. The third kappa shape index (κ3) is 5.75. The molecule has 2 rings (SSSR count). The Morgan fingerprint density at radius 1 is 1.36 bits per heavy atom. The molecule has 0 aliphatic carbocycles. The average Bonchev–Trinajstić information content (AvgIpc) is 3.01. The Morgan fingerprint density at radius 3 is 2.84 bits per heavy atom. The van der Waals surface area contributed by atoms with E-state index in [0.29, 0.717) is 22.3 Å². The maximum atomic E-state index is 11.2. The van der Waals surface area contributed by atoms with Crippen LogP contribution in [-0.2, 0) is 16.0 Å². The molecule has 0 bridgehead atoms. The van der Waals surface area contributed by atoms with Gasteiger partial charge >= 0.3 is 5.97 Å². The van der Waals surface area contributed by atoms with Gasteiger partial charge in [0.2, 0.25) is 5.13 Å². The zero-order valence-electron chi connectivity index (χ0n) is 14.6. The molecule has 0 aliphatic heterocycles. The van der Waals surface area contributed by atoms with Gasteiger partial charge in [0.15, 0.2) is 11.5 Å². The summed E-state index contributed by atoms with van der Waals surface area (Å²) in [6.45, 7) is 3.91. The number of nitrogens with zero attached hydrogens (tertiary/aromatic N) is 2. The summed E-state index contributed by atoms with van der Waals surface area (Å²) in [6.07, 6.45) is 1.85. The molecule has 1 heterocycles. The first-order valence-corrected chi connectivity index (χ1v) is 8.54. The van der Waals surface area contributed by atoms with Crippen LogP contribution in [0.3, 0.4) is 0 Å². The van der Waals surface area contributed by atoms with Crippen molar-refractivity contribution in [3.05, 3.63) is 34.8 Å². The summed E-state index contributed by atoms with van der Waals surface area (Å²) < 4.78 is 15.6. The Kier molecular flexibility index (Phi) is 6.76. The molecule has 134 valence electrons. The number of benzene rings is 1. The van der Waals surface area contributed by atoms with Gasteiger partial charge in [-0.25, -0.2) is 4.98 Å². The molecule has 25 heavy (non-hydrogen) atoms. The van der Waals surface area contributed by atoms with Crippen molar-refractivity contribution in [1.29, 1.82) is 0 Å². The SMILES string of the molecule is COC(=O)Cc1csc(N/N=C\c2ccc(OC)c(OC(C)C)c2)n1. The molecular weight excluding hydrogens is 342 g/mol. The van der Waals surface area contributed by atoms with Crippen molar-refractivity contribution in [2.45, 2.75) is 26.4 Å². The number of hydrazone groups is 1. The quantitative estimate of drug-likeness (QED) is 0.441. The molecule has 8 heteroatoms. The molecule has 0 radical (unpaired) electrons. The number of aromatic nitrogens is 1. The summed E-state index contributed by atoms with van der Waals surface area (Å²) in [7, 11) is 2.95. The number of nitrogens with one attached hydrogen (secondary N) is 1. The highest BCUT2D eigenvalue weighted by molar-refractivity contribution is 7.13. The van der Waals surface area contributed by atoms with E-state index >= 15 is 0 Å². The van der Waals surface area contributed by atoms with Gasteiger partial charge in [0.1, 0.15) is 0 Å². The largest absolute Gasteiger partial charge is 0.493 e. The lowest BCUT2D eigenvalue weighted by atomic mass is 10.2. The van der Waals surface area contributed by atoms with Crippen LogP contribution in [0.5, 0.6) is 11.5 Å². The van der Waals surface area contributed by atoms with Crippen LogP contribution in [0.4, 0.5) is 5.13 Å². The van der Waals surface area contributed by atoms with Crippen LogP contribution in [0.15, 0.2) is 28.7 Å². The molecule has 0 fully saturated rings. The number of thiazole rings is 1. The molecule has 0 aliphatic rings. The summed E-state index contributed by atoms with van der Waals surface area (Å²) in [6, 6.07) is 5.56. The number of methoxy groups -OCH3 is 2. The van der Waals surface area contributed by atoms with Crippen LogP contribution in [0, 0.1) is 0 Å². The fourth-order valence-corrected chi connectivity index (χ4v) is 2.60. The Morgan fingerprint density at radius 2 is 2.16 bits per heavy atom. The highest BCUT2D eigenvalue weighted by Gasteiger charge is 2.08. The van der Waals surface area contributed by atoms with E-state index in [4.69, 9.17) is 9.47 Å². The van der Waals surface area contributed by atoms with Crippen LogP contribution in [0.25, 0.3) is 0 Å². The molecule has 0 saturated heterocycles. The number of hydrogen-bond acceptors (Lipinski definition) is 8. The molecule has 7 nitrogen and oxygen atoms in total. The Balaban J connectivity index is 2.01. The van der Waals surface area contributed by atoms with E-state index < -0.39 is 0 Å². The van der Waals surface area contributed by atoms with Crippen molar-refractivity contribution in [3.8, 4) is 11.5 Å². The standard InChI is InChI=1S/C17H21N3O4S/c1-11(2)24-15-7-12(5-6-14(15)22-3)9-18-20-17-19-13(10-25-17)8-16(21)23-4/h5-7,9-11H,8H2,1-4H3,(H,19,20)/b18-9-. The Hall–Kier alpha value is -2.61. The first-order valence-electron chi connectivity index (χ1n) is 7.66. The molecule has 0 saturated carbocycles. The lowest BCUT2D eigenvalue weighted by Crippen LogP contribution is -2.07. The van der Waals surface area contributed by atoms with E-state index in [1.165, 1.54) is 18.4 Å². The number of rotatable bonds is 8. The molecule has 0 spiro atoms. The van der Waals surface area contributed by atoms with Crippen molar-refractivity contribution in [2.75, 3.05) is 19.6 Å². The van der Waals surface area contributed by atoms with Gasteiger partial charge in [-0.15, -0.1) is 11.3 Å². The second-order valence-electron chi connectivity index (χ2n) is 5.34. The van der Waals surface area contributed by atoms with Gasteiger partial charge in [0.05, 0.1) is 38.7 Å². The summed E-state index contributed by atoms with van der Waals surface area (Å²) >= 11 is 1.37. The fraction of sp³-hybridized carbons (Fsp3) is 0.353. The van der Waals surface area contributed by atoms with E-state index in [1.807, 2.05) is 32.0 Å². The van der Waals surface area contributed by atoms with Crippen LogP contribution in [0.1, 0.15) is 25.1 Å². The monoisotopic (exact) mass is 363 g/mol. The van der Waals surface area contributed by atoms with E-state index in [0.717, 1.165) is 5.56 Å². The highest BCUT2D eigenvalue weighted by atomic mass is 32.1. The first kappa shape index (κ1) is 18.7. The lowest BCUT2D eigenvalue weighted by Gasteiger charge is -2.13. The summed E-state index contributed by atoms with van der Waals surface area (Å²) in [4.78, 5) is 15.5. The highest BCUT2D eigenvalue weighted by Crippen LogP contribution is 2.28. The van der Waals surface area contributed by atoms with Gasteiger partial charge in [-0.05, 0) is 37.6 Å². The maximum absolute atomic E-state index is 11.2. The van der Waals surface area contributed by atoms with E-state index in [-0.39, 0.29) is 18.5 Å². The van der Waals surface area contributed by atoms with Gasteiger partial charge < -0.3 is 14.2 Å². The molecule has 0 amide bonds. The molecule has 0 unspecified atom stereocenters. The summed E-state index contributed by atoms with van der Waals surface area (Å²) in [5.74, 6) is 1.01. The molecule has 1 aromatic carbocycles. The van der Waals surface area contributed by atoms with Crippen molar-refractivity contribution in [1.82, 2.24) is 4.98 Å². The maximum Gasteiger partial charge on any atom is 0.311 e. The number of anilines is 1. The van der Waals surface area contributed by atoms with Gasteiger partial charge in [-0.1, -0.05) is 0 Å². The minimum absolute atomic E-state index is 0.0442. The Labute approximate surface area is 150 Å². The number of ether oxygens (including phenoxy) is 3. The van der Waals surface area contributed by atoms with Crippen LogP contribution in [0.2, 0.25) is 0 Å². The smallest absolute Gasteiger partial charge is 0.311 e. The average molecular weight is 363 g/mol. The predicted octanol–water partition coefficient (Wildman–Crippen LogP) is 3.10. The van der Waals surface area contributed by atoms with Crippen LogP contribution < -0.4 is 14.9 Å².